The van der Waals surface area contributed by atoms with Crippen molar-refractivity contribution in [1.29, 1.82) is 0 Å². The van der Waals surface area contributed by atoms with Gasteiger partial charge in [-0.3, -0.25) is 4.79 Å². The Morgan fingerprint density at radius 2 is 2.04 bits per heavy atom. The third kappa shape index (κ3) is 2.56. The highest BCUT2D eigenvalue weighted by Crippen LogP contribution is 2.28. The number of aryl methyl sites for hydroxylation is 1. The minimum absolute atomic E-state index is 0.158. The minimum atomic E-state index is -0.322. The summed E-state index contributed by atoms with van der Waals surface area (Å²) in [6.45, 7) is 1.78. The minimum Gasteiger partial charge on any atom is -0.349 e. The fourth-order valence-electron chi connectivity index (χ4n) is 2.53. The molecule has 1 aliphatic rings. The van der Waals surface area contributed by atoms with Gasteiger partial charge in [0.1, 0.15) is 5.82 Å². The van der Waals surface area contributed by atoms with E-state index in [1.54, 1.807) is 25.1 Å². The first-order chi connectivity index (χ1) is 11.1. The van der Waals surface area contributed by atoms with E-state index in [0.29, 0.717) is 33.6 Å². The first-order valence-electron chi connectivity index (χ1n) is 7.45. The largest absolute Gasteiger partial charge is 0.349 e. The highest BCUT2D eigenvalue weighted by molar-refractivity contribution is 6.07. The molecule has 1 amide bonds. The smallest absolute Gasteiger partial charge is 0.259 e. The van der Waals surface area contributed by atoms with Crippen molar-refractivity contribution in [2.45, 2.75) is 25.8 Å². The lowest BCUT2D eigenvalue weighted by Gasteiger charge is -2.07. The second-order valence-electron chi connectivity index (χ2n) is 5.76. The summed E-state index contributed by atoms with van der Waals surface area (Å²) in [6, 6.07) is 7.91. The molecule has 4 rings (SSSR count). The number of nitrogens with one attached hydrogen (secondary N) is 1. The van der Waals surface area contributed by atoms with E-state index in [9.17, 15) is 9.18 Å². The molecule has 23 heavy (non-hydrogen) atoms. The van der Waals surface area contributed by atoms with E-state index in [0.717, 1.165) is 12.8 Å². The van der Waals surface area contributed by atoms with Gasteiger partial charge in [-0.2, -0.15) is 0 Å². The number of fused-ring (bicyclic) bond motifs is 1. The molecule has 3 aromatic rings. The molecular weight excluding hydrogens is 297 g/mol. The Bertz CT molecular complexity index is 898. The van der Waals surface area contributed by atoms with Gasteiger partial charge in [0.25, 0.3) is 11.6 Å². The number of pyridine rings is 1. The van der Waals surface area contributed by atoms with Gasteiger partial charge >= 0.3 is 0 Å². The van der Waals surface area contributed by atoms with Crippen LogP contribution in [0.3, 0.4) is 0 Å². The lowest BCUT2D eigenvalue weighted by Crippen LogP contribution is -2.25. The molecule has 0 radical (unpaired) electrons. The van der Waals surface area contributed by atoms with Crippen molar-refractivity contribution in [3.8, 4) is 11.3 Å². The highest BCUT2D eigenvalue weighted by Gasteiger charge is 2.26. The predicted molar refractivity (Wildman–Crippen MR) is 82.4 cm³/mol. The molecule has 2 aromatic heterocycles. The van der Waals surface area contributed by atoms with Crippen LogP contribution in [0.4, 0.5) is 4.39 Å². The molecule has 1 aromatic carbocycles. The van der Waals surface area contributed by atoms with Gasteiger partial charge < -0.3 is 9.84 Å². The molecule has 1 N–H and O–H groups in total. The van der Waals surface area contributed by atoms with Crippen molar-refractivity contribution < 1.29 is 13.7 Å². The third-order valence-electron chi connectivity index (χ3n) is 3.91. The van der Waals surface area contributed by atoms with Gasteiger partial charge in [0.05, 0.1) is 22.3 Å². The summed E-state index contributed by atoms with van der Waals surface area (Å²) < 4.78 is 18.3. The summed E-state index contributed by atoms with van der Waals surface area (Å²) in [5.41, 5.74) is 2.68. The lowest BCUT2D eigenvalue weighted by atomic mass is 10.1. The third-order valence-corrected chi connectivity index (χ3v) is 3.91. The summed E-state index contributed by atoms with van der Waals surface area (Å²) in [6.07, 6.45) is 2.01. The van der Waals surface area contributed by atoms with Crippen LogP contribution in [-0.4, -0.2) is 22.1 Å². The summed E-state index contributed by atoms with van der Waals surface area (Å²) in [4.78, 5) is 16.9. The number of nitrogens with zero attached hydrogens (tertiary/aromatic N) is 2. The molecule has 0 aliphatic heterocycles. The number of benzene rings is 1. The summed E-state index contributed by atoms with van der Waals surface area (Å²) in [5, 5.41) is 7.50. The van der Waals surface area contributed by atoms with Gasteiger partial charge in [0, 0.05) is 11.6 Å². The zero-order valence-electron chi connectivity index (χ0n) is 12.5. The SMILES string of the molecule is Cc1noc2nc(-c3ccc(F)cc3)cc(C(=O)NC3CC3)c12. The van der Waals surface area contributed by atoms with Crippen molar-refractivity contribution in [3.05, 3.63) is 47.4 Å². The van der Waals surface area contributed by atoms with E-state index >= 15 is 0 Å². The number of carbonyl (C=O) groups excluding carboxylic acids is 1. The predicted octanol–water partition coefficient (Wildman–Crippen LogP) is 3.23. The molecule has 5 nitrogen and oxygen atoms in total. The van der Waals surface area contributed by atoms with Crippen LogP contribution in [-0.2, 0) is 0 Å². The maximum Gasteiger partial charge on any atom is 0.259 e. The quantitative estimate of drug-likeness (QED) is 0.806. The first kappa shape index (κ1) is 13.9. The van der Waals surface area contributed by atoms with Crippen molar-refractivity contribution in [2.75, 3.05) is 0 Å². The van der Waals surface area contributed by atoms with E-state index in [4.69, 9.17) is 4.52 Å². The summed E-state index contributed by atoms with van der Waals surface area (Å²) >= 11 is 0. The van der Waals surface area contributed by atoms with Crippen molar-refractivity contribution in [1.82, 2.24) is 15.5 Å². The van der Waals surface area contributed by atoms with Crippen molar-refractivity contribution >= 4 is 17.0 Å². The van der Waals surface area contributed by atoms with E-state index in [1.807, 2.05) is 0 Å². The number of aromatic nitrogens is 2. The zero-order chi connectivity index (χ0) is 16.0. The molecule has 2 heterocycles. The van der Waals surface area contributed by atoms with Crippen molar-refractivity contribution in [3.63, 3.8) is 0 Å². The number of amides is 1. The zero-order valence-corrected chi connectivity index (χ0v) is 12.5. The van der Waals surface area contributed by atoms with E-state index < -0.39 is 0 Å². The maximum atomic E-state index is 13.1. The second kappa shape index (κ2) is 5.15. The van der Waals surface area contributed by atoms with Gasteiger partial charge in [-0.25, -0.2) is 9.37 Å². The highest BCUT2D eigenvalue weighted by atomic mass is 19.1. The number of carbonyl (C=O) groups is 1. The molecule has 0 spiro atoms. The number of hydrogen-bond donors (Lipinski definition) is 1. The molecule has 0 bridgehead atoms. The van der Waals surface area contributed by atoms with Crippen LogP contribution in [0.1, 0.15) is 28.9 Å². The number of halogens is 1. The van der Waals surface area contributed by atoms with E-state index in [1.165, 1.54) is 12.1 Å². The Morgan fingerprint density at radius 3 is 2.74 bits per heavy atom. The number of hydrogen-bond acceptors (Lipinski definition) is 4. The van der Waals surface area contributed by atoms with E-state index in [-0.39, 0.29) is 17.8 Å². The molecule has 1 saturated carbocycles. The van der Waals surface area contributed by atoms with Crippen LogP contribution in [0, 0.1) is 12.7 Å². The molecule has 6 heteroatoms. The van der Waals surface area contributed by atoms with Crippen LogP contribution in [0.5, 0.6) is 0 Å². The molecular formula is C17H14FN3O2. The van der Waals surface area contributed by atoms with Crippen LogP contribution in [0.25, 0.3) is 22.4 Å². The standard InChI is InChI=1S/C17H14FN3O2/c1-9-15-13(16(22)19-12-6-7-12)8-14(20-17(15)23-21-9)10-2-4-11(18)5-3-10/h2-5,8,12H,6-7H2,1H3,(H,19,22). The topological polar surface area (TPSA) is 68.0 Å². The Balaban J connectivity index is 1.86. The lowest BCUT2D eigenvalue weighted by molar-refractivity contribution is 0.0952. The van der Waals surface area contributed by atoms with Crippen LogP contribution in [0.2, 0.25) is 0 Å². The van der Waals surface area contributed by atoms with Gasteiger partial charge in [-0.05, 0) is 50.1 Å². The molecule has 1 fully saturated rings. The molecule has 1 aliphatic carbocycles. The van der Waals surface area contributed by atoms with Crippen LogP contribution < -0.4 is 5.32 Å². The normalized spacial score (nSPS) is 14.2. The Hall–Kier alpha value is -2.76. The molecule has 0 saturated heterocycles. The number of rotatable bonds is 3. The fraction of sp³-hybridized carbons (Fsp3) is 0.235. The van der Waals surface area contributed by atoms with Gasteiger partial charge in [-0.15, -0.1) is 0 Å². The van der Waals surface area contributed by atoms with Gasteiger partial charge in [0.15, 0.2) is 0 Å². The first-order valence-corrected chi connectivity index (χ1v) is 7.45. The fourth-order valence-corrected chi connectivity index (χ4v) is 2.53. The van der Waals surface area contributed by atoms with E-state index in [2.05, 4.69) is 15.5 Å². The molecule has 116 valence electrons. The molecule has 0 unspecified atom stereocenters. The molecule has 0 atom stereocenters. The summed E-state index contributed by atoms with van der Waals surface area (Å²) in [5.74, 6) is -0.480. The average molecular weight is 311 g/mol. The van der Waals surface area contributed by atoms with Crippen LogP contribution in [0.15, 0.2) is 34.9 Å². The maximum absolute atomic E-state index is 13.1. The van der Waals surface area contributed by atoms with Crippen molar-refractivity contribution in [2.24, 2.45) is 0 Å². The monoisotopic (exact) mass is 311 g/mol. The Labute approximate surface area is 131 Å². The van der Waals surface area contributed by atoms with Gasteiger partial charge in [0.2, 0.25) is 0 Å². The second-order valence-corrected chi connectivity index (χ2v) is 5.76. The summed E-state index contributed by atoms with van der Waals surface area (Å²) in [7, 11) is 0. The average Bonchev–Trinajstić information content (AvgIpc) is 3.29. The Morgan fingerprint density at radius 1 is 1.30 bits per heavy atom. The van der Waals surface area contributed by atoms with Crippen LogP contribution >= 0.6 is 0 Å². The van der Waals surface area contributed by atoms with Gasteiger partial charge in [-0.1, -0.05) is 5.16 Å². The Kier molecular flexibility index (Phi) is 3.11.